The number of halogens is 3. The molecule has 0 aliphatic carbocycles. The quantitative estimate of drug-likeness (QED) is 0.219. The summed E-state index contributed by atoms with van der Waals surface area (Å²) in [5.74, 6) is 0. The lowest BCUT2D eigenvalue weighted by Crippen LogP contribution is -2.21. The molecule has 0 bridgehead atoms. The number of alkyl halides is 3. The van der Waals surface area contributed by atoms with Crippen LogP contribution in [-0.4, -0.2) is 16.9 Å². The molecule has 0 radical (unpaired) electrons. The average Bonchev–Trinajstić information content (AvgIpc) is 3.45. The topological polar surface area (TPSA) is 62.8 Å². The van der Waals surface area contributed by atoms with Crippen molar-refractivity contribution in [3.63, 3.8) is 0 Å². The van der Waals surface area contributed by atoms with Crippen LogP contribution in [0.4, 0.5) is 13.2 Å². The van der Waals surface area contributed by atoms with Crippen LogP contribution in [0.3, 0.4) is 0 Å². The van der Waals surface area contributed by atoms with Gasteiger partial charge in [-0.15, -0.1) is 22.7 Å². The fourth-order valence-corrected chi connectivity index (χ4v) is 5.59. The monoisotopic (exact) mass is 519 g/mol. The van der Waals surface area contributed by atoms with Crippen molar-refractivity contribution in [1.29, 1.82) is 5.41 Å². The maximum Gasteiger partial charge on any atom is 0.430 e. The predicted molar refractivity (Wildman–Crippen MR) is 143 cm³/mol. The summed E-state index contributed by atoms with van der Waals surface area (Å²) in [5.41, 5.74) is 7.26. The van der Waals surface area contributed by atoms with Gasteiger partial charge in [0.15, 0.2) is 0 Å². The Hall–Kier alpha value is -2.45. The van der Waals surface area contributed by atoms with E-state index in [0.29, 0.717) is 11.8 Å². The molecule has 0 aliphatic rings. The molecule has 188 valence electrons. The zero-order valence-electron chi connectivity index (χ0n) is 20.6. The first-order valence-electron chi connectivity index (χ1n) is 11.7. The first-order valence-corrected chi connectivity index (χ1v) is 13.5. The van der Waals surface area contributed by atoms with Gasteiger partial charge in [0.1, 0.15) is 5.70 Å². The minimum atomic E-state index is -4.69. The molecule has 35 heavy (non-hydrogen) atoms. The molecule has 0 spiro atoms. The standard InChI is InChI=1S/C27H32F3N3S2/c1-5-6-7-8-9-17-10-11-34-25(17)18-12-21(19-14-24(35-16-19)26(2,3)4)33-22(13-18)20(31)15-23(32)27(28,29)30/h10-16,31H,5-9,32H2,1-4H3. The average molecular weight is 520 g/mol. The van der Waals surface area contributed by atoms with Crippen molar-refractivity contribution in [1.82, 2.24) is 4.98 Å². The number of aromatic nitrogens is 1. The van der Waals surface area contributed by atoms with Gasteiger partial charge in [0.25, 0.3) is 0 Å². The number of nitrogens with zero attached hydrogens (tertiary/aromatic N) is 1. The second-order valence-corrected chi connectivity index (χ2v) is 11.5. The molecule has 3 aromatic rings. The molecule has 3 heterocycles. The Morgan fingerprint density at radius 3 is 2.43 bits per heavy atom. The van der Waals surface area contributed by atoms with E-state index in [1.807, 2.05) is 16.8 Å². The largest absolute Gasteiger partial charge is 0.430 e. The van der Waals surface area contributed by atoms with Crippen LogP contribution in [0.1, 0.15) is 69.5 Å². The minimum Gasteiger partial charge on any atom is -0.395 e. The van der Waals surface area contributed by atoms with E-state index in [1.165, 1.54) is 23.3 Å². The lowest BCUT2D eigenvalue weighted by atomic mass is 9.94. The van der Waals surface area contributed by atoms with Gasteiger partial charge >= 0.3 is 6.18 Å². The Morgan fingerprint density at radius 2 is 1.80 bits per heavy atom. The number of pyridine rings is 1. The van der Waals surface area contributed by atoms with Crippen molar-refractivity contribution in [3.8, 4) is 21.7 Å². The number of thiophene rings is 2. The molecular weight excluding hydrogens is 487 g/mol. The molecule has 0 atom stereocenters. The van der Waals surface area contributed by atoms with Crippen LogP contribution in [0.2, 0.25) is 0 Å². The lowest BCUT2D eigenvalue weighted by Gasteiger charge is -2.15. The zero-order chi connectivity index (χ0) is 25.8. The molecule has 0 saturated carbocycles. The molecule has 3 nitrogen and oxygen atoms in total. The summed E-state index contributed by atoms with van der Waals surface area (Å²) in [4.78, 5) is 6.83. The highest BCUT2D eigenvalue weighted by Crippen LogP contribution is 2.37. The lowest BCUT2D eigenvalue weighted by molar-refractivity contribution is -0.0925. The van der Waals surface area contributed by atoms with Crippen LogP contribution >= 0.6 is 22.7 Å². The molecular formula is C27H32F3N3S2. The van der Waals surface area contributed by atoms with Crippen LogP contribution in [-0.2, 0) is 11.8 Å². The Labute approximate surface area is 213 Å². The Morgan fingerprint density at radius 1 is 1.06 bits per heavy atom. The molecule has 0 fully saturated rings. The van der Waals surface area contributed by atoms with Crippen molar-refractivity contribution < 1.29 is 13.2 Å². The van der Waals surface area contributed by atoms with E-state index < -0.39 is 11.9 Å². The van der Waals surface area contributed by atoms with Crippen molar-refractivity contribution >= 4 is 28.4 Å². The number of rotatable bonds is 9. The van der Waals surface area contributed by atoms with Crippen LogP contribution in [0.5, 0.6) is 0 Å². The van der Waals surface area contributed by atoms with E-state index in [9.17, 15) is 13.2 Å². The summed E-state index contributed by atoms with van der Waals surface area (Å²) in [6.07, 6.45) is 1.50. The number of aryl methyl sites for hydroxylation is 1. The van der Waals surface area contributed by atoms with Gasteiger partial charge in [-0.3, -0.25) is 5.41 Å². The van der Waals surface area contributed by atoms with Crippen molar-refractivity contribution in [2.24, 2.45) is 5.73 Å². The Kier molecular flexibility index (Phi) is 8.59. The van der Waals surface area contributed by atoms with Crippen LogP contribution < -0.4 is 5.73 Å². The van der Waals surface area contributed by atoms with Crippen molar-refractivity contribution in [2.45, 2.75) is 71.4 Å². The molecule has 0 aliphatic heterocycles. The highest BCUT2D eigenvalue weighted by atomic mass is 32.1. The zero-order valence-corrected chi connectivity index (χ0v) is 22.2. The summed E-state index contributed by atoms with van der Waals surface area (Å²) in [6.45, 7) is 8.58. The number of nitrogens with one attached hydrogen (secondary N) is 1. The van der Waals surface area contributed by atoms with Gasteiger partial charge < -0.3 is 5.73 Å². The van der Waals surface area contributed by atoms with E-state index in [-0.39, 0.29) is 16.8 Å². The fourth-order valence-electron chi connectivity index (χ4n) is 3.65. The molecule has 3 N–H and O–H groups in total. The van der Waals surface area contributed by atoms with Gasteiger partial charge in [-0.2, -0.15) is 13.2 Å². The smallest absolute Gasteiger partial charge is 0.395 e. The maximum absolute atomic E-state index is 13.0. The third-order valence-electron chi connectivity index (χ3n) is 5.67. The van der Waals surface area contributed by atoms with E-state index in [2.05, 4.69) is 44.8 Å². The maximum atomic E-state index is 13.0. The number of nitrogens with two attached hydrogens (primary N) is 1. The number of allylic oxidation sites excluding steroid dienone is 2. The molecule has 8 heteroatoms. The third kappa shape index (κ3) is 7.04. The molecule has 3 rings (SSSR count). The van der Waals surface area contributed by atoms with Gasteiger partial charge in [0.2, 0.25) is 0 Å². The van der Waals surface area contributed by atoms with E-state index >= 15 is 0 Å². The fraction of sp³-hybridized carbons (Fsp3) is 0.407. The van der Waals surface area contributed by atoms with Gasteiger partial charge in [0.05, 0.1) is 17.1 Å². The first kappa shape index (κ1) is 27.1. The first-order chi connectivity index (χ1) is 16.4. The predicted octanol–water partition coefficient (Wildman–Crippen LogP) is 8.73. The highest BCUT2D eigenvalue weighted by molar-refractivity contribution is 7.13. The third-order valence-corrected chi connectivity index (χ3v) is 8.03. The molecule has 0 amide bonds. The Bertz CT molecular complexity index is 1200. The normalized spacial score (nSPS) is 12.8. The van der Waals surface area contributed by atoms with E-state index in [0.717, 1.165) is 35.3 Å². The van der Waals surface area contributed by atoms with Crippen LogP contribution in [0.25, 0.3) is 21.7 Å². The minimum absolute atomic E-state index is 0.0284. The Balaban J connectivity index is 2.07. The van der Waals surface area contributed by atoms with Crippen molar-refractivity contribution in [3.05, 3.63) is 62.9 Å². The number of hydrogen-bond donors (Lipinski definition) is 2. The highest BCUT2D eigenvalue weighted by Gasteiger charge is 2.31. The van der Waals surface area contributed by atoms with Gasteiger partial charge in [-0.05, 0) is 65.1 Å². The van der Waals surface area contributed by atoms with Gasteiger partial charge in [-0.25, -0.2) is 4.98 Å². The SMILES string of the molecule is CCCCCCc1ccsc1-c1cc(C(=N)C=C(N)C(F)(F)F)nc(-c2csc(C(C)(C)C)c2)c1. The molecule has 0 saturated heterocycles. The summed E-state index contributed by atoms with van der Waals surface area (Å²) in [7, 11) is 0. The van der Waals surface area contributed by atoms with Gasteiger partial charge in [-0.1, -0.05) is 47.0 Å². The number of hydrogen-bond acceptors (Lipinski definition) is 5. The van der Waals surface area contributed by atoms with Crippen molar-refractivity contribution in [2.75, 3.05) is 0 Å². The van der Waals surface area contributed by atoms with Crippen LogP contribution in [0.15, 0.2) is 46.8 Å². The molecule has 0 unspecified atom stereocenters. The summed E-state index contributed by atoms with van der Waals surface area (Å²) >= 11 is 3.23. The number of unbranched alkanes of at least 4 members (excludes halogenated alkanes) is 3. The van der Waals surface area contributed by atoms with E-state index in [1.54, 1.807) is 28.7 Å². The second-order valence-electron chi connectivity index (χ2n) is 9.67. The van der Waals surface area contributed by atoms with Crippen LogP contribution in [0, 0.1) is 5.41 Å². The van der Waals surface area contributed by atoms with Gasteiger partial charge in [0, 0.05) is 20.7 Å². The summed E-state index contributed by atoms with van der Waals surface area (Å²) < 4.78 is 39.0. The summed E-state index contributed by atoms with van der Waals surface area (Å²) in [6, 6.07) is 7.86. The molecule has 0 aromatic carbocycles. The van der Waals surface area contributed by atoms with E-state index in [4.69, 9.17) is 11.1 Å². The molecule has 3 aromatic heterocycles. The summed E-state index contributed by atoms with van der Waals surface area (Å²) in [5, 5.41) is 12.4. The second kappa shape index (κ2) is 11.1.